The van der Waals surface area contributed by atoms with E-state index in [1.54, 1.807) is 24.9 Å². The highest BCUT2D eigenvalue weighted by molar-refractivity contribution is 5.57. The van der Waals surface area contributed by atoms with Gasteiger partial charge in [0.15, 0.2) is 0 Å². The summed E-state index contributed by atoms with van der Waals surface area (Å²) in [5, 5.41) is 0. The van der Waals surface area contributed by atoms with Gasteiger partial charge in [-0.2, -0.15) is 0 Å². The summed E-state index contributed by atoms with van der Waals surface area (Å²) >= 11 is 0. The lowest BCUT2D eigenvalue weighted by Crippen LogP contribution is -2.28. The van der Waals surface area contributed by atoms with Crippen LogP contribution in [0.1, 0.15) is 63.5 Å². The van der Waals surface area contributed by atoms with Crippen LogP contribution in [0.5, 0.6) is 0 Å². The first-order valence-corrected chi connectivity index (χ1v) is 11.3. The average Bonchev–Trinajstić information content (AvgIpc) is 3.55. The Bertz CT molecular complexity index is 946. The first kappa shape index (κ1) is 21.1. The largest absolute Gasteiger partial charge is 0.445 e. The molecule has 0 spiro atoms. The van der Waals surface area contributed by atoms with Crippen molar-refractivity contribution in [1.29, 1.82) is 0 Å². The first-order chi connectivity index (χ1) is 15.3. The number of aromatic nitrogens is 2. The van der Waals surface area contributed by atoms with Crippen LogP contribution in [0.15, 0.2) is 82.3 Å². The highest BCUT2D eigenvalue weighted by Gasteiger charge is 2.33. The highest BCUT2D eigenvalue weighted by atomic mass is 16.3. The third-order valence-corrected chi connectivity index (χ3v) is 6.15. The topological polar surface area (TPSA) is 52.1 Å². The zero-order valence-electron chi connectivity index (χ0n) is 18.4. The summed E-state index contributed by atoms with van der Waals surface area (Å²) in [5.41, 5.74) is 4.71. The van der Waals surface area contributed by atoms with Gasteiger partial charge in [0, 0.05) is 16.5 Å². The van der Waals surface area contributed by atoms with E-state index in [2.05, 4.69) is 72.3 Å². The Morgan fingerprint density at radius 2 is 1.06 bits per heavy atom. The van der Waals surface area contributed by atoms with Gasteiger partial charge in [-0.15, -0.1) is 0 Å². The second-order valence-corrected chi connectivity index (χ2v) is 8.12. The average molecular weight is 415 g/mol. The van der Waals surface area contributed by atoms with E-state index in [-0.39, 0.29) is 5.41 Å². The van der Waals surface area contributed by atoms with Gasteiger partial charge in [-0.1, -0.05) is 63.8 Å². The van der Waals surface area contributed by atoms with Crippen molar-refractivity contribution in [3.05, 3.63) is 84.6 Å². The monoisotopic (exact) mass is 414 g/mol. The molecule has 0 saturated carbocycles. The Hall–Kier alpha value is -3.14. The van der Waals surface area contributed by atoms with Crippen molar-refractivity contribution >= 4 is 0 Å². The lowest BCUT2D eigenvalue weighted by molar-refractivity contribution is 0.406. The summed E-state index contributed by atoms with van der Waals surface area (Å²) in [4.78, 5) is 8.58. The third-order valence-electron chi connectivity index (χ3n) is 6.15. The van der Waals surface area contributed by atoms with E-state index >= 15 is 0 Å². The quantitative estimate of drug-likeness (QED) is 0.267. The predicted octanol–water partition coefficient (Wildman–Crippen LogP) is 7.66. The summed E-state index contributed by atoms with van der Waals surface area (Å²) in [6.45, 7) is 4.53. The van der Waals surface area contributed by atoms with E-state index in [1.807, 2.05) is 0 Å². The second-order valence-electron chi connectivity index (χ2n) is 8.12. The normalized spacial score (nSPS) is 11.7. The summed E-state index contributed by atoms with van der Waals surface area (Å²) in [6.07, 6.45) is 13.6. The maximum absolute atomic E-state index is 5.48. The molecule has 4 nitrogen and oxygen atoms in total. The lowest BCUT2D eigenvalue weighted by atomic mass is 9.68. The van der Waals surface area contributed by atoms with Crippen LogP contribution < -0.4 is 0 Å². The summed E-state index contributed by atoms with van der Waals surface area (Å²) in [6, 6.07) is 17.6. The fraction of sp³-hybridized carbons (Fsp3) is 0.333. The lowest BCUT2D eigenvalue weighted by Gasteiger charge is -2.36. The van der Waals surface area contributed by atoms with Gasteiger partial charge < -0.3 is 8.83 Å². The van der Waals surface area contributed by atoms with Gasteiger partial charge in [-0.05, 0) is 48.2 Å². The van der Waals surface area contributed by atoms with E-state index < -0.39 is 0 Å². The Labute approximate surface area is 184 Å². The zero-order chi connectivity index (χ0) is 21.5. The minimum absolute atomic E-state index is 0.0176. The van der Waals surface area contributed by atoms with Gasteiger partial charge >= 0.3 is 0 Å². The van der Waals surface area contributed by atoms with Crippen molar-refractivity contribution in [2.75, 3.05) is 0 Å². The Balaban J connectivity index is 1.74. The molecule has 0 unspecified atom stereocenters. The van der Waals surface area contributed by atoms with Crippen molar-refractivity contribution < 1.29 is 8.83 Å². The molecule has 4 aromatic rings. The van der Waals surface area contributed by atoms with Crippen molar-refractivity contribution in [2.24, 2.45) is 0 Å². The van der Waals surface area contributed by atoms with Gasteiger partial charge in [-0.25, -0.2) is 9.97 Å². The number of nitrogens with zero attached hydrogens (tertiary/aromatic N) is 2. The summed E-state index contributed by atoms with van der Waals surface area (Å²) < 4.78 is 11.0. The molecule has 0 aliphatic heterocycles. The smallest absolute Gasteiger partial charge is 0.225 e. The van der Waals surface area contributed by atoms with Crippen LogP contribution in [0.4, 0.5) is 0 Å². The predicted molar refractivity (Wildman–Crippen MR) is 124 cm³/mol. The molecule has 2 heterocycles. The van der Waals surface area contributed by atoms with E-state index in [0.29, 0.717) is 11.8 Å². The highest BCUT2D eigenvalue weighted by Crippen LogP contribution is 2.42. The van der Waals surface area contributed by atoms with Crippen molar-refractivity contribution in [2.45, 2.75) is 57.8 Å². The SMILES string of the molecule is CCCCC(CCCC)(c1ccc(-c2ncco2)cc1)c1ccc(-c2ncco2)cc1. The zero-order valence-corrected chi connectivity index (χ0v) is 18.4. The fourth-order valence-electron chi connectivity index (χ4n) is 4.42. The van der Waals surface area contributed by atoms with Crippen LogP contribution in [-0.2, 0) is 5.41 Å². The van der Waals surface area contributed by atoms with Crippen LogP contribution in [0.2, 0.25) is 0 Å². The molecule has 0 saturated heterocycles. The van der Waals surface area contributed by atoms with Gasteiger partial charge in [0.25, 0.3) is 0 Å². The molecule has 0 amide bonds. The number of oxazole rings is 2. The van der Waals surface area contributed by atoms with E-state index in [4.69, 9.17) is 8.83 Å². The summed E-state index contributed by atoms with van der Waals surface area (Å²) in [5.74, 6) is 1.32. The molecule has 2 aromatic carbocycles. The molecule has 2 aromatic heterocycles. The van der Waals surface area contributed by atoms with Crippen molar-refractivity contribution in [3.63, 3.8) is 0 Å². The maximum atomic E-state index is 5.48. The van der Waals surface area contributed by atoms with E-state index in [1.165, 1.54) is 36.8 Å². The molecule has 0 bridgehead atoms. The van der Waals surface area contributed by atoms with Gasteiger partial charge in [0.2, 0.25) is 11.8 Å². The maximum Gasteiger partial charge on any atom is 0.225 e. The molecular formula is C27H30N2O2. The number of rotatable bonds is 10. The number of benzene rings is 2. The van der Waals surface area contributed by atoms with Gasteiger partial charge in [0.1, 0.15) is 12.5 Å². The molecule has 0 N–H and O–H groups in total. The molecule has 0 radical (unpaired) electrons. The Morgan fingerprint density at radius 3 is 1.39 bits per heavy atom. The number of hydrogen-bond donors (Lipinski definition) is 0. The van der Waals surface area contributed by atoms with Crippen molar-refractivity contribution in [1.82, 2.24) is 9.97 Å². The van der Waals surface area contributed by atoms with Crippen LogP contribution >= 0.6 is 0 Å². The molecule has 0 aliphatic rings. The first-order valence-electron chi connectivity index (χ1n) is 11.3. The molecule has 4 rings (SSSR count). The van der Waals surface area contributed by atoms with Gasteiger partial charge in [-0.3, -0.25) is 0 Å². The molecule has 0 atom stereocenters. The molecule has 4 heteroatoms. The molecular weight excluding hydrogens is 384 g/mol. The third kappa shape index (κ3) is 4.48. The number of hydrogen-bond acceptors (Lipinski definition) is 4. The molecule has 0 aliphatic carbocycles. The van der Waals surface area contributed by atoms with E-state index in [0.717, 1.165) is 24.0 Å². The Kier molecular flexibility index (Phi) is 6.66. The van der Waals surface area contributed by atoms with Crippen LogP contribution in [0, 0.1) is 0 Å². The molecule has 0 fully saturated rings. The van der Waals surface area contributed by atoms with Crippen LogP contribution in [0.3, 0.4) is 0 Å². The second kappa shape index (κ2) is 9.78. The molecule has 31 heavy (non-hydrogen) atoms. The van der Waals surface area contributed by atoms with Gasteiger partial charge in [0.05, 0.1) is 12.4 Å². The van der Waals surface area contributed by atoms with Crippen LogP contribution in [-0.4, -0.2) is 9.97 Å². The van der Waals surface area contributed by atoms with E-state index in [9.17, 15) is 0 Å². The summed E-state index contributed by atoms with van der Waals surface area (Å²) in [7, 11) is 0. The standard InChI is InChI=1S/C27H30N2O2/c1-3-5-15-27(16-6-4-2,23-11-7-21(8-12-23)25-28-17-19-30-25)24-13-9-22(10-14-24)26-29-18-20-31-26/h7-14,17-20H,3-6,15-16H2,1-2H3. The fourth-order valence-corrected chi connectivity index (χ4v) is 4.42. The van der Waals surface area contributed by atoms with Crippen LogP contribution in [0.25, 0.3) is 22.9 Å². The van der Waals surface area contributed by atoms with Crippen molar-refractivity contribution in [3.8, 4) is 22.9 Å². The minimum atomic E-state index is -0.0176. The molecule has 160 valence electrons. The Morgan fingerprint density at radius 1 is 0.645 bits per heavy atom. The minimum Gasteiger partial charge on any atom is -0.445 e. The number of unbranched alkanes of at least 4 members (excludes halogenated alkanes) is 2.